The van der Waals surface area contributed by atoms with Crippen molar-refractivity contribution < 1.29 is 9.53 Å². The Morgan fingerprint density at radius 2 is 2.35 bits per heavy atom. The number of anilines is 1. The largest absolute Gasteiger partial charge is 0.467 e. The van der Waals surface area contributed by atoms with Crippen molar-refractivity contribution in [3.63, 3.8) is 0 Å². The highest BCUT2D eigenvalue weighted by Gasteiger charge is 2.18. The van der Waals surface area contributed by atoms with Gasteiger partial charge < -0.3 is 10.1 Å². The van der Waals surface area contributed by atoms with Crippen LogP contribution in [0, 0.1) is 0 Å². The van der Waals surface area contributed by atoms with Crippen LogP contribution in [-0.4, -0.2) is 29.1 Å². The minimum absolute atomic E-state index is 0.298. The maximum Gasteiger partial charge on any atom is 0.328 e. The van der Waals surface area contributed by atoms with E-state index in [4.69, 9.17) is 16.3 Å². The fraction of sp³-hybridized carbons (Fsp3) is 0.545. The summed E-state index contributed by atoms with van der Waals surface area (Å²) in [6.45, 7) is 2.07. The molecule has 17 heavy (non-hydrogen) atoms. The zero-order valence-corrected chi connectivity index (χ0v) is 10.7. The molecule has 6 heteroatoms. The second-order valence-electron chi connectivity index (χ2n) is 3.59. The van der Waals surface area contributed by atoms with E-state index in [0.717, 1.165) is 12.8 Å². The molecule has 0 bridgehead atoms. The predicted octanol–water partition coefficient (Wildman–Crippen LogP) is 2.27. The van der Waals surface area contributed by atoms with Crippen LogP contribution in [0.3, 0.4) is 0 Å². The smallest absolute Gasteiger partial charge is 0.328 e. The lowest BCUT2D eigenvalue weighted by Crippen LogP contribution is -2.31. The Morgan fingerprint density at radius 1 is 1.59 bits per heavy atom. The first-order valence-electron chi connectivity index (χ1n) is 5.49. The number of esters is 1. The zero-order chi connectivity index (χ0) is 12.7. The Hall–Kier alpha value is -1.36. The van der Waals surface area contributed by atoms with E-state index in [0.29, 0.717) is 17.4 Å². The molecular formula is C11H16ClN3O2. The number of nitrogens with zero attached hydrogens (tertiary/aromatic N) is 2. The molecule has 0 fully saturated rings. The Kier molecular flexibility index (Phi) is 5.69. The molecule has 0 aliphatic rings. The molecule has 0 amide bonds. The van der Waals surface area contributed by atoms with Gasteiger partial charge in [-0.15, -0.1) is 0 Å². The van der Waals surface area contributed by atoms with Crippen LogP contribution in [0.5, 0.6) is 0 Å². The highest BCUT2D eigenvalue weighted by molar-refractivity contribution is 6.29. The number of nitrogens with one attached hydrogen (secondary N) is 1. The van der Waals surface area contributed by atoms with E-state index < -0.39 is 6.04 Å². The second kappa shape index (κ2) is 7.06. The first-order valence-corrected chi connectivity index (χ1v) is 5.87. The summed E-state index contributed by atoms with van der Waals surface area (Å²) in [5, 5.41) is 3.33. The third-order valence-electron chi connectivity index (χ3n) is 2.29. The molecule has 0 aliphatic carbocycles. The number of aromatic nitrogens is 2. The molecule has 1 N–H and O–H groups in total. The van der Waals surface area contributed by atoms with Gasteiger partial charge in [-0.2, -0.15) is 0 Å². The normalized spacial score (nSPS) is 11.9. The van der Waals surface area contributed by atoms with Crippen molar-refractivity contribution in [3.8, 4) is 0 Å². The SMILES string of the molecule is CCCCC(Nc1cc(Cl)ncn1)C(=O)OC. The van der Waals surface area contributed by atoms with Gasteiger partial charge in [-0.1, -0.05) is 31.4 Å². The number of halogens is 1. The molecule has 0 spiro atoms. The molecule has 0 aliphatic heterocycles. The molecule has 0 radical (unpaired) electrons. The highest BCUT2D eigenvalue weighted by Crippen LogP contribution is 2.13. The molecule has 1 unspecified atom stereocenters. The van der Waals surface area contributed by atoms with Gasteiger partial charge >= 0.3 is 5.97 Å². The number of carbonyl (C=O) groups excluding carboxylic acids is 1. The summed E-state index contributed by atoms with van der Waals surface area (Å²) in [6.07, 6.45) is 3.99. The molecule has 1 aromatic heterocycles. The lowest BCUT2D eigenvalue weighted by Gasteiger charge is -2.16. The molecule has 1 rings (SSSR count). The van der Waals surface area contributed by atoms with E-state index in [1.54, 1.807) is 6.07 Å². The van der Waals surface area contributed by atoms with Crippen LogP contribution in [0.25, 0.3) is 0 Å². The summed E-state index contributed by atoms with van der Waals surface area (Å²) in [5.74, 6) is 0.227. The van der Waals surface area contributed by atoms with E-state index in [1.807, 2.05) is 0 Å². The number of unbranched alkanes of at least 4 members (excludes halogenated alkanes) is 1. The molecule has 0 aromatic carbocycles. The number of carbonyl (C=O) groups is 1. The monoisotopic (exact) mass is 257 g/mol. The molecular weight excluding hydrogens is 242 g/mol. The molecule has 0 saturated heterocycles. The minimum Gasteiger partial charge on any atom is -0.467 e. The number of ether oxygens (including phenoxy) is 1. The van der Waals surface area contributed by atoms with Crippen LogP contribution in [0.15, 0.2) is 12.4 Å². The molecule has 5 nitrogen and oxygen atoms in total. The first kappa shape index (κ1) is 13.7. The van der Waals surface area contributed by atoms with Gasteiger partial charge in [0.2, 0.25) is 0 Å². The van der Waals surface area contributed by atoms with Crippen molar-refractivity contribution in [3.05, 3.63) is 17.5 Å². The van der Waals surface area contributed by atoms with Crippen LogP contribution in [0.1, 0.15) is 26.2 Å². The van der Waals surface area contributed by atoms with Crippen molar-refractivity contribution in [2.45, 2.75) is 32.2 Å². The fourth-order valence-corrected chi connectivity index (χ4v) is 1.54. The van der Waals surface area contributed by atoms with Crippen LogP contribution in [0.4, 0.5) is 5.82 Å². The molecule has 1 aromatic rings. The summed E-state index contributed by atoms with van der Waals surface area (Å²) in [5.41, 5.74) is 0. The zero-order valence-electron chi connectivity index (χ0n) is 9.94. The van der Waals surface area contributed by atoms with Crippen molar-refractivity contribution in [1.29, 1.82) is 0 Å². The van der Waals surface area contributed by atoms with Crippen LogP contribution in [-0.2, 0) is 9.53 Å². The van der Waals surface area contributed by atoms with Gasteiger partial charge in [0.15, 0.2) is 0 Å². The summed E-state index contributed by atoms with van der Waals surface area (Å²) >= 11 is 5.74. The third-order valence-corrected chi connectivity index (χ3v) is 2.49. The Labute approximate surface area is 106 Å². The van der Waals surface area contributed by atoms with Gasteiger partial charge in [0.25, 0.3) is 0 Å². The van der Waals surface area contributed by atoms with Gasteiger partial charge in [-0.3, -0.25) is 0 Å². The second-order valence-corrected chi connectivity index (χ2v) is 3.98. The number of methoxy groups -OCH3 is 1. The van der Waals surface area contributed by atoms with Crippen molar-refractivity contribution in [2.24, 2.45) is 0 Å². The summed E-state index contributed by atoms with van der Waals surface area (Å²) in [7, 11) is 1.37. The lowest BCUT2D eigenvalue weighted by molar-refractivity contribution is -0.141. The van der Waals surface area contributed by atoms with Crippen LogP contribution in [0.2, 0.25) is 5.15 Å². The molecule has 1 atom stereocenters. The highest BCUT2D eigenvalue weighted by atomic mass is 35.5. The standard InChI is InChI=1S/C11H16ClN3O2/c1-3-4-5-8(11(16)17-2)15-10-6-9(12)13-7-14-10/h6-8H,3-5H2,1-2H3,(H,13,14,15). The number of hydrogen-bond donors (Lipinski definition) is 1. The summed E-state index contributed by atoms with van der Waals surface area (Å²) in [6, 6.07) is 1.18. The summed E-state index contributed by atoms with van der Waals surface area (Å²) < 4.78 is 4.73. The number of hydrogen-bond acceptors (Lipinski definition) is 5. The van der Waals surface area contributed by atoms with Crippen LogP contribution < -0.4 is 5.32 Å². The minimum atomic E-state index is -0.397. The van der Waals surface area contributed by atoms with E-state index in [9.17, 15) is 4.79 Å². The third kappa shape index (κ3) is 4.56. The van der Waals surface area contributed by atoms with E-state index in [-0.39, 0.29) is 5.97 Å². The predicted molar refractivity (Wildman–Crippen MR) is 66.0 cm³/mol. The first-order chi connectivity index (χ1) is 8.17. The maximum absolute atomic E-state index is 11.5. The van der Waals surface area contributed by atoms with Crippen molar-refractivity contribution >= 4 is 23.4 Å². The van der Waals surface area contributed by atoms with Crippen LogP contribution >= 0.6 is 11.6 Å². The Balaban J connectivity index is 2.68. The van der Waals surface area contributed by atoms with Gasteiger partial charge in [0, 0.05) is 6.07 Å². The molecule has 0 saturated carbocycles. The van der Waals surface area contributed by atoms with Gasteiger partial charge in [0.1, 0.15) is 23.3 Å². The fourth-order valence-electron chi connectivity index (χ4n) is 1.39. The van der Waals surface area contributed by atoms with Gasteiger partial charge in [-0.05, 0) is 6.42 Å². The van der Waals surface area contributed by atoms with E-state index in [2.05, 4.69) is 22.2 Å². The van der Waals surface area contributed by atoms with Gasteiger partial charge in [0.05, 0.1) is 7.11 Å². The van der Waals surface area contributed by atoms with Crippen molar-refractivity contribution in [1.82, 2.24) is 9.97 Å². The maximum atomic E-state index is 11.5. The summed E-state index contributed by atoms with van der Waals surface area (Å²) in [4.78, 5) is 19.3. The Morgan fingerprint density at radius 3 is 2.94 bits per heavy atom. The topological polar surface area (TPSA) is 64.1 Å². The Bertz CT molecular complexity index is 373. The van der Waals surface area contributed by atoms with Gasteiger partial charge in [-0.25, -0.2) is 14.8 Å². The average Bonchev–Trinajstić information content (AvgIpc) is 2.33. The number of rotatable bonds is 6. The van der Waals surface area contributed by atoms with Crippen molar-refractivity contribution in [2.75, 3.05) is 12.4 Å². The lowest BCUT2D eigenvalue weighted by atomic mass is 10.1. The molecule has 94 valence electrons. The molecule has 1 heterocycles. The van der Waals surface area contributed by atoms with E-state index in [1.165, 1.54) is 13.4 Å². The average molecular weight is 258 g/mol. The van der Waals surface area contributed by atoms with E-state index >= 15 is 0 Å². The quantitative estimate of drug-likeness (QED) is 0.626.